The van der Waals surface area contributed by atoms with Gasteiger partial charge in [0.15, 0.2) is 11.6 Å². The van der Waals surface area contributed by atoms with Crippen LogP contribution in [-0.2, 0) is 9.53 Å². The summed E-state index contributed by atoms with van der Waals surface area (Å²) >= 11 is 5.80. The summed E-state index contributed by atoms with van der Waals surface area (Å²) in [5.74, 6) is -0.327. The fourth-order valence-corrected chi connectivity index (χ4v) is 3.38. The van der Waals surface area contributed by atoms with E-state index >= 15 is 0 Å². The molecule has 0 N–H and O–H groups in total. The predicted octanol–water partition coefficient (Wildman–Crippen LogP) is 2.59. The first-order valence-electron chi connectivity index (χ1n) is 6.96. The Morgan fingerprint density at radius 2 is 2.33 bits per heavy atom. The van der Waals surface area contributed by atoms with E-state index in [0.29, 0.717) is 13.0 Å². The number of halogens is 2. The summed E-state index contributed by atoms with van der Waals surface area (Å²) in [6, 6.07) is 3.38. The third-order valence-electron chi connectivity index (χ3n) is 4.28. The number of likely N-dealkylation sites (tertiary alicyclic amines) is 1. The highest BCUT2D eigenvalue weighted by Crippen LogP contribution is 2.46. The van der Waals surface area contributed by atoms with Crippen LogP contribution < -0.4 is 4.74 Å². The fourth-order valence-electron chi connectivity index (χ4n) is 3.23. The number of ether oxygens (including phenoxy) is 2. The van der Waals surface area contributed by atoms with Gasteiger partial charge in [-0.3, -0.25) is 4.79 Å². The molecule has 0 bridgehead atoms. The number of amides is 1. The van der Waals surface area contributed by atoms with Crippen molar-refractivity contribution in [3.05, 3.63) is 28.5 Å². The number of hydrogen-bond donors (Lipinski definition) is 0. The Labute approximate surface area is 127 Å². The van der Waals surface area contributed by atoms with Crippen LogP contribution in [0.2, 0.25) is 5.02 Å². The second-order valence-electron chi connectivity index (χ2n) is 5.61. The molecular formula is C15H17ClFNO3. The molecule has 1 aromatic rings. The third kappa shape index (κ3) is 2.38. The van der Waals surface area contributed by atoms with Crippen molar-refractivity contribution in [2.45, 2.75) is 31.4 Å². The van der Waals surface area contributed by atoms with E-state index in [4.69, 9.17) is 21.1 Å². The van der Waals surface area contributed by atoms with Crippen molar-refractivity contribution in [2.75, 3.05) is 20.3 Å². The molecule has 3 rings (SSSR count). The van der Waals surface area contributed by atoms with E-state index in [0.717, 1.165) is 5.56 Å². The van der Waals surface area contributed by atoms with E-state index in [1.54, 1.807) is 17.0 Å². The van der Waals surface area contributed by atoms with Crippen molar-refractivity contribution in [1.29, 1.82) is 0 Å². The van der Waals surface area contributed by atoms with E-state index in [-0.39, 0.29) is 41.3 Å². The number of fused-ring (bicyclic) bond motifs is 3. The molecule has 0 aliphatic carbocycles. The Hall–Kier alpha value is -1.33. The Balaban J connectivity index is 1.88. The highest BCUT2D eigenvalue weighted by atomic mass is 35.5. The molecule has 21 heavy (non-hydrogen) atoms. The van der Waals surface area contributed by atoms with E-state index in [2.05, 4.69) is 0 Å². The summed E-state index contributed by atoms with van der Waals surface area (Å²) in [4.78, 5) is 13.9. The predicted molar refractivity (Wildman–Crippen MR) is 76.2 cm³/mol. The van der Waals surface area contributed by atoms with Gasteiger partial charge >= 0.3 is 0 Å². The Morgan fingerprint density at radius 1 is 1.57 bits per heavy atom. The molecule has 0 radical (unpaired) electrons. The van der Waals surface area contributed by atoms with Crippen LogP contribution in [-0.4, -0.2) is 43.2 Å². The molecule has 6 heteroatoms. The van der Waals surface area contributed by atoms with Crippen LogP contribution in [0.3, 0.4) is 0 Å². The number of nitrogens with zero attached hydrogens (tertiary/aromatic N) is 1. The summed E-state index contributed by atoms with van der Waals surface area (Å²) in [5.41, 5.74) is 0.795. The lowest BCUT2D eigenvalue weighted by Gasteiger charge is -2.39. The zero-order valence-electron chi connectivity index (χ0n) is 11.9. The molecular weight excluding hydrogens is 297 g/mol. The lowest BCUT2D eigenvalue weighted by molar-refractivity contribution is -0.140. The largest absolute Gasteiger partial charge is 0.486 e. The van der Waals surface area contributed by atoms with Gasteiger partial charge in [0.05, 0.1) is 5.02 Å². The van der Waals surface area contributed by atoms with E-state index in [9.17, 15) is 9.18 Å². The molecule has 0 saturated carbocycles. The number of piperidine rings is 1. The highest BCUT2D eigenvalue weighted by molar-refractivity contribution is 6.30. The molecule has 2 aliphatic rings. The average Bonchev–Trinajstić information content (AvgIpc) is 2.80. The Kier molecular flexibility index (Phi) is 3.80. The van der Waals surface area contributed by atoms with Gasteiger partial charge in [-0.15, -0.1) is 0 Å². The molecule has 3 atom stereocenters. The zero-order valence-corrected chi connectivity index (χ0v) is 12.7. The number of benzene rings is 1. The van der Waals surface area contributed by atoms with Gasteiger partial charge in [0.1, 0.15) is 12.7 Å². The maximum Gasteiger partial charge on any atom is 0.248 e. The Morgan fingerprint density at radius 3 is 3.05 bits per heavy atom. The lowest BCUT2D eigenvalue weighted by Crippen LogP contribution is -2.50. The second-order valence-corrected chi connectivity index (χ2v) is 6.01. The smallest absolute Gasteiger partial charge is 0.248 e. The van der Waals surface area contributed by atoms with Gasteiger partial charge in [-0.25, -0.2) is 4.39 Å². The van der Waals surface area contributed by atoms with Crippen LogP contribution in [0.4, 0.5) is 4.39 Å². The van der Waals surface area contributed by atoms with Crippen LogP contribution >= 0.6 is 11.6 Å². The number of carbonyl (C=O) groups excluding carboxylic acids is 1. The van der Waals surface area contributed by atoms with Gasteiger partial charge < -0.3 is 14.4 Å². The summed E-state index contributed by atoms with van der Waals surface area (Å²) in [7, 11) is 1.50. The van der Waals surface area contributed by atoms with Gasteiger partial charge in [0.25, 0.3) is 0 Å². The zero-order chi connectivity index (χ0) is 15.1. The van der Waals surface area contributed by atoms with Crippen molar-refractivity contribution in [1.82, 2.24) is 4.90 Å². The van der Waals surface area contributed by atoms with Crippen LogP contribution in [0.5, 0.6) is 5.75 Å². The van der Waals surface area contributed by atoms with Crippen molar-refractivity contribution < 1.29 is 18.7 Å². The third-order valence-corrected chi connectivity index (χ3v) is 4.58. The summed E-state index contributed by atoms with van der Waals surface area (Å²) in [5, 5.41) is 0.0627. The van der Waals surface area contributed by atoms with E-state index < -0.39 is 5.82 Å². The average molecular weight is 314 g/mol. The maximum atomic E-state index is 14.1. The SMILES string of the molecule is COCC(=O)N1CC2c3ccc(Cl)c(F)c3OC2C[C@@H]1C. The molecule has 0 aromatic heterocycles. The molecule has 1 aromatic carbocycles. The van der Waals surface area contributed by atoms with Gasteiger partial charge in [-0.05, 0) is 13.0 Å². The number of hydrogen-bond acceptors (Lipinski definition) is 3. The second kappa shape index (κ2) is 5.46. The minimum absolute atomic E-state index is 0.0104. The maximum absolute atomic E-state index is 14.1. The van der Waals surface area contributed by atoms with Crippen LogP contribution in [0, 0.1) is 5.82 Å². The minimum Gasteiger partial charge on any atom is -0.486 e. The standard InChI is InChI=1S/C15H17ClFNO3/c1-8-5-12-10(6-18(8)13(19)7-20-2)9-3-4-11(16)14(17)15(9)21-12/h3-4,8,10,12H,5-7H2,1-2H3/t8-,10?,12?/m0/s1. The summed E-state index contributed by atoms with van der Waals surface area (Å²) < 4.78 is 24.7. The summed E-state index contributed by atoms with van der Waals surface area (Å²) in [6.07, 6.45) is 0.570. The number of methoxy groups -OCH3 is 1. The molecule has 114 valence electrons. The fraction of sp³-hybridized carbons (Fsp3) is 0.533. The topological polar surface area (TPSA) is 38.8 Å². The van der Waals surface area contributed by atoms with Gasteiger partial charge in [0.2, 0.25) is 5.91 Å². The molecule has 1 saturated heterocycles. The molecule has 4 nitrogen and oxygen atoms in total. The van der Waals surface area contributed by atoms with Crippen LogP contribution in [0.1, 0.15) is 24.8 Å². The molecule has 1 amide bonds. The van der Waals surface area contributed by atoms with Crippen LogP contribution in [0.15, 0.2) is 12.1 Å². The van der Waals surface area contributed by atoms with Crippen LogP contribution in [0.25, 0.3) is 0 Å². The van der Waals surface area contributed by atoms with E-state index in [1.807, 2.05) is 6.92 Å². The normalized spacial score (nSPS) is 27.0. The first-order chi connectivity index (χ1) is 10.0. The quantitative estimate of drug-likeness (QED) is 0.842. The van der Waals surface area contributed by atoms with Crippen molar-refractivity contribution in [3.63, 3.8) is 0 Å². The lowest BCUT2D eigenvalue weighted by atomic mass is 9.87. The monoisotopic (exact) mass is 313 g/mol. The highest BCUT2D eigenvalue weighted by Gasteiger charge is 2.44. The Bertz CT molecular complexity index is 580. The first kappa shape index (κ1) is 14.6. The molecule has 2 unspecified atom stereocenters. The molecule has 2 aliphatic heterocycles. The van der Waals surface area contributed by atoms with Crippen molar-refractivity contribution >= 4 is 17.5 Å². The van der Waals surface area contributed by atoms with Crippen molar-refractivity contribution in [2.24, 2.45) is 0 Å². The molecule has 0 spiro atoms. The number of rotatable bonds is 2. The molecule has 1 fully saturated rings. The van der Waals surface area contributed by atoms with Gasteiger partial charge in [-0.2, -0.15) is 0 Å². The minimum atomic E-state index is -0.508. The summed E-state index contributed by atoms with van der Waals surface area (Å²) in [6.45, 7) is 2.55. The van der Waals surface area contributed by atoms with Crippen molar-refractivity contribution in [3.8, 4) is 5.75 Å². The molecule has 2 heterocycles. The van der Waals surface area contributed by atoms with Gasteiger partial charge in [-0.1, -0.05) is 17.7 Å². The number of carbonyl (C=O) groups is 1. The first-order valence-corrected chi connectivity index (χ1v) is 7.33. The van der Waals surface area contributed by atoms with E-state index in [1.165, 1.54) is 7.11 Å². The van der Waals surface area contributed by atoms with Gasteiger partial charge in [0, 0.05) is 37.6 Å².